The summed E-state index contributed by atoms with van der Waals surface area (Å²) in [6.45, 7) is -0.362. The zero-order chi connectivity index (χ0) is 11.8. The number of benzene rings is 1. The molecule has 1 unspecified atom stereocenters. The lowest BCUT2D eigenvalue weighted by Crippen LogP contribution is -2.10. The van der Waals surface area contributed by atoms with Gasteiger partial charge in [-0.15, -0.1) is 0 Å². The maximum Gasteiger partial charge on any atom is 0.341 e. The molecule has 1 N–H and O–H groups in total. The molecule has 17 heavy (non-hydrogen) atoms. The molecule has 0 bridgehead atoms. The minimum absolute atomic E-state index is 0.0559. The molecule has 1 aromatic carbocycles. The van der Waals surface area contributed by atoms with E-state index in [0.717, 1.165) is 11.1 Å². The maximum atomic E-state index is 10.5. The van der Waals surface area contributed by atoms with Crippen molar-refractivity contribution in [2.24, 2.45) is 0 Å². The van der Waals surface area contributed by atoms with Gasteiger partial charge in [0, 0.05) is 11.1 Å². The van der Waals surface area contributed by atoms with E-state index in [4.69, 9.17) is 14.6 Å². The van der Waals surface area contributed by atoms with E-state index < -0.39 is 5.97 Å². The van der Waals surface area contributed by atoms with Gasteiger partial charge in [-0.1, -0.05) is 24.3 Å². The number of hydrogen-bond acceptors (Lipinski definition) is 3. The summed E-state index contributed by atoms with van der Waals surface area (Å²) in [7, 11) is 0. The smallest absolute Gasteiger partial charge is 0.341 e. The fraction of sp³-hybridized carbons (Fsp3) is 0.154. The van der Waals surface area contributed by atoms with Gasteiger partial charge in [-0.05, 0) is 12.1 Å². The molecule has 0 spiro atoms. The van der Waals surface area contributed by atoms with Crippen LogP contribution in [0.1, 0.15) is 5.56 Å². The predicted octanol–water partition coefficient (Wildman–Crippen LogP) is 1.86. The standard InChI is InChI=1S/C13H10O4/c14-12(15)7-16-11-6-2-4-9-8-3-1-5-10(8)17-13(9)11/h1-6,10H,7H2,(H,14,15). The highest BCUT2D eigenvalue weighted by atomic mass is 16.5. The summed E-state index contributed by atoms with van der Waals surface area (Å²) in [6, 6.07) is 5.50. The Kier molecular flexibility index (Phi) is 2.14. The van der Waals surface area contributed by atoms with Crippen LogP contribution in [0, 0.1) is 0 Å². The summed E-state index contributed by atoms with van der Waals surface area (Å²) in [5.41, 5.74) is 2.07. The van der Waals surface area contributed by atoms with E-state index in [1.807, 2.05) is 30.4 Å². The van der Waals surface area contributed by atoms with Crippen LogP contribution in [0.25, 0.3) is 5.57 Å². The number of rotatable bonds is 3. The normalized spacial score (nSPS) is 19.3. The Morgan fingerprint density at radius 2 is 2.35 bits per heavy atom. The van der Waals surface area contributed by atoms with E-state index in [1.54, 1.807) is 6.07 Å². The lowest BCUT2D eigenvalue weighted by Gasteiger charge is -2.09. The number of carboxylic acid groups (broad SMARTS) is 1. The Hall–Kier alpha value is -2.23. The average molecular weight is 230 g/mol. The highest BCUT2D eigenvalue weighted by Crippen LogP contribution is 2.45. The second-order valence-electron chi connectivity index (χ2n) is 3.86. The van der Waals surface area contributed by atoms with Gasteiger partial charge in [-0.2, -0.15) is 0 Å². The van der Waals surface area contributed by atoms with Crippen LogP contribution in [0.5, 0.6) is 11.5 Å². The number of carbonyl (C=O) groups is 1. The van der Waals surface area contributed by atoms with Crippen molar-refractivity contribution in [1.82, 2.24) is 0 Å². The summed E-state index contributed by atoms with van der Waals surface area (Å²) in [5, 5.41) is 8.60. The van der Waals surface area contributed by atoms with Crippen molar-refractivity contribution < 1.29 is 19.4 Å². The largest absolute Gasteiger partial charge is 0.479 e. The Labute approximate surface area is 97.8 Å². The maximum absolute atomic E-state index is 10.5. The summed E-state index contributed by atoms with van der Waals surface area (Å²) in [5.74, 6) is 0.114. The molecule has 3 rings (SSSR count). The van der Waals surface area contributed by atoms with Crippen molar-refractivity contribution in [2.45, 2.75) is 6.10 Å². The number of aliphatic carboxylic acids is 1. The van der Waals surface area contributed by atoms with Crippen LogP contribution in [0.15, 0.2) is 36.4 Å². The Morgan fingerprint density at radius 3 is 3.18 bits per heavy atom. The van der Waals surface area contributed by atoms with Crippen LogP contribution in [-0.4, -0.2) is 23.8 Å². The Balaban J connectivity index is 1.94. The van der Waals surface area contributed by atoms with Gasteiger partial charge in [0.05, 0.1) is 0 Å². The third-order valence-electron chi connectivity index (χ3n) is 2.75. The minimum Gasteiger partial charge on any atom is -0.479 e. The first kappa shape index (κ1) is 9.96. The number of fused-ring (bicyclic) bond motifs is 3. The van der Waals surface area contributed by atoms with Crippen LogP contribution in [-0.2, 0) is 4.79 Å². The van der Waals surface area contributed by atoms with Crippen molar-refractivity contribution in [3.05, 3.63) is 42.0 Å². The van der Waals surface area contributed by atoms with Gasteiger partial charge < -0.3 is 14.6 Å². The molecule has 4 nitrogen and oxygen atoms in total. The van der Waals surface area contributed by atoms with Crippen LogP contribution in [0.4, 0.5) is 0 Å². The molecule has 1 heterocycles. The molecule has 4 heteroatoms. The zero-order valence-corrected chi connectivity index (χ0v) is 8.92. The third kappa shape index (κ3) is 1.58. The second-order valence-corrected chi connectivity index (χ2v) is 3.86. The molecule has 0 radical (unpaired) electrons. The van der Waals surface area contributed by atoms with Gasteiger partial charge in [-0.3, -0.25) is 0 Å². The fourth-order valence-electron chi connectivity index (χ4n) is 2.05. The quantitative estimate of drug-likeness (QED) is 0.861. The van der Waals surface area contributed by atoms with E-state index in [0.29, 0.717) is 11.5 Å². The molecule has 1 aromatic rings. The second kappa shape index (κ2) is 3.66. The topological polar surface area (TPSA) is 55.8 Å². The molecule has 0 saturated carbocycles. The van der Waals surface area contributed by atoms with Crippen molar-refractivity contribution in [2.75, 3.05) is 6.61 Å². The number of ether oxygens (including phenoxy) is 2. The van der Waals surface area contributed by atoms with E-state index in [9.17, 15) is 4.79 Å². The number of para-hydroxylation sites is 1. The van der Waals surface area contributed by atoms with Crippen molar-refractivity contribution in [1.29, 1.82) is 0 Å². The van der Waals surface area contributed by atoms with Crippen LogP contribution in [0.3, 0.4) is 0 Å². The van der Waals surface area contributed by atoms with Crippen LogP contribution >= 0.6 is 0 Å². The predicted molar refractivity (Wildman–Crippen MR) is 61.1 cm³/mol. The summed E-state index contributed by atoms with van der Waals surface area (Å²) >= 11 is 0. The van der Waals surface area contributed by atoms with Crippen molar-refractivity contribution in [3.63, 3.8) is 0 Å². The van der Waals surface area contributed by atoms with E-state index >= 15 is 0 Å². The molecule has 0 fully saturated rings. The molecule has 2 aliphatic rings. The first-order chi connectivity index (χ1) is 8.25. The highest BCUT2D eigenvalue weighted by Gasteiger charge is 2.31. The average Bonchev–Trinajstić information content (AvgIpc) is 2.86. The SMILES string of the molecule is O=C(O)COc1cccc2c1OC1C=CC=C21. The Morgan fingerprint density at radius 1 is 1.47 bits per heavy atom. The van der Waals surface area contributed by atoms with Crippen molar-refractivity contribution >= 4 is 11.5 Å². The molecule has 1 aliphatic carbocycles. The first-order valence-electron chi connectivity index (χ1n) is 5.29. The zero-order valence-electron chi connectivity index (χ0n) is 8.92. The number of hydrogen-bond donors (Lipinski definition) is 1. The summed E-state index contributed by atoms with van der Waals surface area (Å²) in [6.07, 6.45) is 5.85. The molecule has 0 aromatic heterocycles. The van der Waals surface area contributed by atoms with E-state index in [2.05, 4.69) is 0 Å². The molecular formula is C13H10O4. The van der Waals surface area contributed by atoms with Gasteiger partial charge in [0.2, 0.25) is 0 Å². The van der Waals surface area contributed by atoms with Gasteiger partial charge in [0.15, 0.2) is 18.1 Å². The number of allylic oxidation sites excluding steroid dienone is 2. The highest BCUT2D eigenvalue weighted by molar-refractivity contribution is 5.83. The van der Waals surface area contributed by atoms with Crippen LogP contribution in [0.2, 0.25) is 0 Å². The van der Waals surface area contributed by atoms with Gasteiger partial charge in [-0.25, -0.2) is 4.79 Å². The number of carboxylic acids is 1. The Bertz CT molecular complexity index is 542. The van der Waals surface area contributed by atoms with E-state index in [-0.39, 0.29) is 12.7 Å². The monoisotopic (exact) mass is 230 g/mol. The molecule has 1 aliphatic heterocycles. The molecule has 0 amide bonds. The molecule has 0 saturated heterocycles. The first-order valence-corrected chi connectivity index (χ1v) is 5.29. The van der Waals surface area contributed by atoms with Crippen molar-refractivity contribution in [3.8, 4) is 11.5 Å². The van der Waals surface area contributed by atoms with Gasteiger partial charge in [0.25, 0.3) is 0 Å². The molecule has 86 valence electrons. The lowest BCUT2D eigenvalue weighted by atomic mass is 10.1. The van der Waals surface area contributed by atoms with Gasteiger partial charge >= 0.3 is 5.97 Å². The third-order valence-corrected chi connectivity index (χ3v) is 2.75. The summed E-state index contributed by atoms with van der Waals surface area (Å²) in [4.78, 5) is 10.5. The van der Waals surface area contributed by atoms with Crippen LogP contribution < -0.4 is 9.47 Å². The molecular weight excluding hydrogens is 220 g/mol. The minimum atomic E-state index is -1.00. The van der Waals surface area contributed by atoms with Gasteiger partial charge in [0.1, 0.15) is 6.10 Å². The summed E-state index contributed by atoms with van der Waals surface area (Å²) < 4.78 is 10.9. The lowest BCUT2D eigenvalue weighted by molar-refractivity contribution is -0.139. The van der Waals surface area contributed by atoms with E-state index in [1.165, 1.54) is 0 Å². The fourth-order valence-corrected chi connectivity index (χ4v) is 2.05. The molecule has 1 atom stereocenters.